The lowest BCUT2D eigenvalue weighted by atomic mass is 10.1. The van der Waals surface area contributed by atoms with Gasteiger partial charge in [-0.25, -0.2) is 4.39 Å². The molecule has 6 nitrogen and oxygen atoms in total. The maximum absolute atomic E-state index is 12.8. The van der Waals surface area contributed by atoms with Crippen molar-refractivity contribution in [2.75, 3.05) is 6.54 Å². The first-order chi connectivity index (χ1) is 7.34. The number of hydrazine groups is 1. The Hall–Kier alpha value is -1.06. The summed E-state index contributed by atoms with van der Waals surface area (Å²) in [4.78, 5) is 0. The third-order valence-corrected chi connectivity index (χ3v) is 1.50. The number of benzene rings is 1. The van der Waals surface area contributed by atoms with Gasteiger partial charge in [-0.15, -0.1) is 0 Å². The molecule has 0 spiro atoms. The second-order valence-corrected chi connectivity index (χ2v) is 3.64. The summed E-state index contributed by atoms with van der Waals surface area (Å²) in [6.45, 7) is 0.598. The first-order valence-electron chi connectivity index (χ1n) is 4.21. The summed E-state index contributed by atoms with van der Waals surface area (Å²) in [5, 5.41) is 0. The van der Waals surface area contributed by atoms with Crippen LogP contribution in [0.3, 0.4) is 0 Å². The highest BCUT2D eigenvalue weighted by Gasteiger charge is 1.97. The van der Waals surface area contributed by atoms with Crippen LogP contribution >= 0.6 is 0 Å². The highest BCUT2D eigenvalue weighted by molar-refractivity contribution is 7.79. The van der Waals surface area contributed by atoms with E-state index in [0.717, 1.165) is 0 Å². The van der Waals surface area contributed by atoms with Crippen molar-refractivity contribution in [1.29, 1.82) is 0 Å². The molecule has 0 aliphatic rings. The molecule has 0 radical (unpaired) electrons. The smallest absolute Gasteiger partial charge is 0.271 e. The molecule has 0 fully saturated rings. The molecule has 0 atom stereocenters. The lowest BCUT2D eigenvalue weighted by molar-refractivity contribution is 0.381. The molecule has 0 saturated heterocycles. The van der Waals surface area contributed by atoms with Gasteiger partial charge >= 0.3 is 10.4 Å². The Morgan fingerprint density at radius 3 is 2.25 bits per heavy atom. The molecule has 0 saturated carbocycles. The minimum absolute atomic E-state index is 0.164. The predicted molar refractivity (Wildman–Crippen MR) is 56.5 cm³/mol. The molecular weight excluding hydrogens is 239 g/mol. The Kier molecular flexibility index (Phi) is 6.77. The van der Waals surface area contributed by atoms with Gasteiger partial charge in [0.15, 0.2) is 0 Å². The Morgan fingerprint density at radius 2 is 1.81 bits per heavy atom. The van der Waals surface area contributed by atoms with Crippen LogP contribution in [0, 0.1) is 5.82 Å². The van der Waals surface area contributed by atoms with E-state index in [9.17, 15) is 4.39 Å². The van der Waals surface area contributed by atoms with Crippen molar-refractivity contribution in [1.82, 2.24) is 5.43 Å². The Balaban J connectivity index is 0.000000385. The van der Waals surface area contributed by atoms with Crippen LogP contribution in [0.5, 0.6) is 0 Å². The fourth-order valence-corrected chi connectivity index (χ4v) is 0.908. The largest absolute Gasteiger partial charge is 0.394 e. The van der Waals surface area contributed by atoms with Gasteiger partial charge in [0.1, 0.15) is 5.82 Å². The summed E-state index contributed by atoms with van der Waals surface area (Å²) < 4.78 is 44.4. The van der Waals surface area contributed by atoms with Gasteiger partial charge in [0.2, 0.25) is 0 Å². The zero-order chi connectivity index (χ0) is 12.6. The van der Waals surface area contributed by atoms with Crippen molar-refractivity contribution in [3.05, 3.63) is 35.6 Å². The molecule has 5 N–H and O–H groups in total. The lowest BCUT2D eigenvalue weighted by Gasteiger charge is -2.00. The van der Waals surface area contributed by atoms with Crippen molar-refractivity contribution < 1.29 is 21.9 Å². The number of nitrogens with two attached hydrogens (primary N) is 1. The minimum Gasteiger partial charge on any atom is -0.271 e. The van der Waals surface area contributed by atoms with E-state index in [1.807, 2.05) is 6.07 Å². The van der Waals surface area contributed by atoms with Crippen LogP contribution in [-0.4, -0.2) is 24.1 Å². The Bertz CT molecular complexity index is 402. The van der Waals surface area contributed by atoms with Crippen molar-refractivity contribution in [3.63, 3.8) is 0 Å². The zero-order valence-electron chi connectivity index (χ0n) is 8.30. The number of rotatable bonds is 3. The van der Waals surface area contributed by atoms with Crippen molar-refractivity contribution in [3.8, 4) is 0 Å². The second-order valence-electron chi connectivity index (χ2n) is 2.74. The molecule has 0 bridgehead atoms. The number of halogens is 1. The van der Waals surface area contributed by atoms with E-state index in [1.54, 1.807) is 12.1 Å². The first kappa shape index (κ1) is 14.9. The average molecular weight is 252 g/mol. The topological polar surface area (TPSA) is 113 Å². The summed E-state index contributed by atoms with van der Waals surface area (Å²) in [7, 11) is -4.67. The van der Waals surface area contributed by atoms with Crippen LogP contribution in [0.1, 0.15) is 5.56 Å². The molecule has 0 aliphatic carbocycles. The number of hydrogen-bond donors (Lipinski definition) is 4. The van der Waals surface area contributed by atoms with Crippen molar-refractivity contribution in [2.45, 2.75) is 6.42 Å². The van der Waals surface area contributed by atoms with Gasteiger partial charge in [0.25, 0.3) is 0 Å². The zero-order valence-corrected chi connectivity index (χ0v) is 9.11. The summed E-state index contributed by atoms with van der Waals surface area (Å²) >= 11 is 0. The third kappa shape index (κ3) is 9.49. The van der Waals surface area contributed by atoms with E-state index in [4.69, 9.17) is 23.4 Å². The monoisotopic (exact) mass is 252 g/mol. The average Bonchev–Trinajstić information content (AvgIpc) is 2.14. The van der Waals surface area contributed by atoms with Crippen molar-refractivity contribution in [2.24, 2.45) is 5.84 Å². The van der Waals surface area contributed by atoms with Crippen LogP contribution in [0.25, 0.3) is 0 Å². The summed E-state index contributed by atoms with van der Waals surface area (Å²) in [6, 6.07) is 6.70. The van der Waals surface area contributed by atoms with Gasteiger partial charge in [-0.05, 0) is 18.1 Å². The Labute approximate surface area is 92.8 Å². The normalized spacial score (nSPS) is 10.5. The molecule has 16 heavy (non-hydrogen) atoms. The lowest BCUT2D eigenvalue weighted by Crippen LogP contribution is -2.24. The van der Waals surface area contributed by atoms with E-state index in [0.29, 0.717) is 18.5 Å². The minimum atomic E-state index is -4.67. The molecule has 0 amide bonds. The van der Waals surface area contributed by atoms with E-state index < -0.39 is 10.4 Å². The molecule has 1 aromatic carbocycles. The molecule has 0 aromatic heterocycles. The maximum atomic E-state index is 12.8. The summed E-state index contributed by atoms with van der Waals surface area (Å²) in [6.07, 6.45) is 0.628. The molecule has 0 unspecified atom stereocenters. The highest BCUT2D eigenvalue weighted by Crippen LogP contribution is 2.05. The number of nitrogens with one attached hydrogen (secondary N) is 1. The van der Waals surface area contributed by atoms with E-state index in [1.165, 1.54) is 6.07 Å². The third-order valence-electron chi connectivity index (χ3n) is 1.50. The molecular formula is C8H13FN2O4S. The van der Waals surface area contributed by atoms with E-state index in [-0.39, 0.29) is 5.82 Å². The fourth-order valence-electron chi connectivity index (χ4n) is 0.908. The molecule has 0 heterocycles. The van der Waals surface area contributed by atoms with E-state index >= 15 is 0 Å². The van der Waals surface area contributed by atoms with Crippen molar-refractivity contribution >= 4 is 10.4 Å². The molecule has 92 valence electrons. The highest BCUT2D eigenvalue weighted by atomic mass is 32.3. The standard InChI is InChI=1S/C8H11FN2.H2O4S/c9-8-4-2-1-3-7(8)5-6-11-10;1-5(2,3)4/h1-4,11H,5-6,10H2;(H2,1,2,3,4). The van der Waals surface area contributed by atoms with Gasteiger partial charge in [0, 0.05) is 6.54 Å². The first-order valence-corrected chi connectivity index (χ1v) is 5.61. The van der Waals surface area contributed by atoms with Crippen LogP contribution in [0.15, 0.2) is 24.3 Å². The summed E-state index contributed by atoms with van der Waals surface area (Å²) in [5.41, 5.74) is 3.18. The predicted octanol–water partition coefficient (Wildman–Crippen LogP) is 0.179. The summed E-state index contributed by atoms with van der Waals surface area (Å²) in [5.74, 6) is 4.89. The van der Waals surface area contributed by atoms with Gasteiger partial charge in [0.05, 0.1) is 0 Å². The molecule has 0 aliphatic heterocycles. The van der Waals surface area contributed by atoms with Gasteiger partial charge in [-0.3, -0.25) is 20.4 Å². The van der Waals surface area contributed by atoms with Crippen LogP contribution in [-0.2, 0) is 16.8 Å². The molecule has 1 rings (SSSR count). The van der Waals surface area contributed by atoms with Gasteiger partial charge in [-0.2, -0.15) is 8.42 Å². The van der Waals surface area contributed by atoms with Gasteiger partial charge < -0.3 is 0 Å². The van der Waals surface area contributed by atoms with Crippen LogP contribution in [0.4, 0.5) is 4.39 Å². The quantitative estimate of drug-likeness (QED) is 0.347. The maximum Gasteiger partial charge on any atom is 0.394 e. The molecule has 1 aromatic rings. The SMILES string of the molecule is NNCCc1ccccc1F.O=S(=O)(O)O. The second kappa shape index (κ2) is 7.25. The van der Waals surface area contributed by atoms with E-state index in [2.05, 4.69) is 5.43 Å². The van der Waals surface area contributed by atoms with Crippen LogP contribution in [0.2, 0.25) is 0 Å². The van der Waals surface area contributed by atoms with Gasteiger partial charge in [-0.1, -0.05) is 18.2 Å². The van der Waals surface area contributed by atoms with Crippen LogP contribution < -0.4 is 11.3 Å². The number of hydrogen-bond acceptors (Lipinski definition) is 4. The molecule has 8 heteroatoms. The Morgan fingerprint density at radius 1 is 1.31 bits per heavy atom. The fraction of sp³-hybridized carbons (Fsp3) is 0.250.